The van der Waals surface area contributed by atoms with Gasteiger partial charge in [-0.1, -0.05) is 22.0 Å². The molecule has 2 atom stereocenters. The molecule has 0 aromatic heterocycles. The van der Waals surface area contributed by atoms with Crippen LogP contribution < -0.4 is 10.6 Å². The fourth-order valence-electron chi connectivity index (χ4n) is 3.49. The Kier molecular flexibility index (Phi) is 3.34. The monoisotopic (exact) mass is 310 g/mol. The summed E-state index contributed by atoms with van der Waals surface area (Å²) in [4.78, 5) is 2.50. The molecule has 0 aliphatic carbocycles. The molecule has 1 aromatic rings. The van der Waals surface area contributed by atoms with Crippen molar-refractivity contribution in [2.45, 2.75) is 50.4 Å². The van der Waals surface area contributed by atoms with Crippen LogP contribution >= 0.6 is 15.9 Å². The number of hydrogen-bond donors (Lipinski definition) is 2. The van der Waals surface area contributed by atoms with E-state index in [1.807, 2.05) is 6.07 Å². The standard InChI is InChI=1S/C14H19BrN2O/c15-10-2-1-9(8-16)14(5-10)17-11-3-4-12(17)7-13(18)6-11/h1-2,5,11-13,18H,3-4,6-8,16H2. The smallest absolute Gasteiger partial charge is 0.0579 e. The first-order valence-corrected chi connectivity index (χ1v) is 7.43. The lowest BCUT2D eigenvalue weighted by Gasteiger charge is -2.40. The fourth-order valence-corrected chi connectivity index (χ4v) is 3.84. The zero-order chi connectivity index (χ0) is 12.7. The van der Waals surface area contributed by atoms with E-state index in [2.05, 4.69) is 33.0 Å². The number of piperidine rings is 1. The van der Waals surface area contributed by atoms with Gasteiger partial charge in [-0.3, -0.25) is 0 Å². The van der Waals surface area contributed by atoms with Crippen LogP contribution in [0.5, 0.6) is 0 Å². The summed E-state index contributed by atoms with van der Waals surface area (Å²) in [6, 6.07) is 7.29. The number of nitrogens with two attached hydrogens (primary N) is 1. The molecule has 4 heteroatoms. The van der Waals surface area contributed by atoms with Crippen molar-refractivity contribution in [2.75, 3.05) is 4.90 Å². The molecule has 98 valence electrons. The predicted octanol–water partition coefficient (Wildman–Crippen LogP) is 2.40. The number of benzene rings is 1. The van der Waals surface area contributed by atoms with Crippen LogP contribution in [0, 0.1) is 0 Å². The Hall–Kier alpha value is -0.580. The van der Waals surface area contributed by atoms with Gasteiger partial charge in [0, 0.05) is 28.8 Å². The summed E-state index contributed by atoms with van der Waals surface area (Å²) in [6.45, 7) is 0.571. The highest BCUT2D eigenvalue weighted by Crippen LogP contribution is 2.41. The van der Waals surface area contributed by atoms with Crippen molar-refractivity contribution in [1.82, 2.24) is 0 Å². The summed E-state index contributed by atoms with van der Waals surface area (Å²) < 4.78 is 1.10. The van der Waals surface area contributed by atoms with Crippen molar-refractivity contribution in [2.24, 2.45) is 5.73 Å². The molecule has 2 bridgehead atoms. The molecular formula is C14H19BrN2O. The van der Waals surface area contributed by atoms with Gasteiger partial charge in [-0.15, -0.1) is 0 Å². The van der Waals surface area contributed by atoms with Gasteiger partial charge in [-0.25, -0.2) is 0 Å². The summed E-state index contributed by atoms with van der Waals surface area (Å²) in [5, 5.41) is 9.88. The molecule has 3 rings (SSSR count). The maximum Gasteiger partial charge on any atom is 0.0579 e. The van der Waals surface area contributed by atoms with E-state index in [-0.39, 0.29) is 6.10 Å². The van der Waals surface area contributed by atoms with Crippen LogP contribution in [-0.4, -0.2) is 23.3 Å². The number of nitrogens with zero attached hydrogens (tertiary/aromatic N) is 1. The van der Waals surface area contributed by atoms with Gasteiger partial charge in [0.05, 0.1) is 6.10 Å². The number of halogens is 1. The molecule has 0 spiro atoms. The number of rotatable bonds is 2. The molecule has 1 aromatic carbocycles. The minimum atomic E-state index is -0.118. The van der Waals surface area contributed by atoms with Crippen LogP contribution in [-0.2, 0) is 6.54 Å². The molecule has 2 aliphatic heterocycles. The third-order valence-corrected chi connectivity index (χ3v) is 4.75. The lowest BCUT2D eigenvalue weighted by atomic mass is 9.98. The lowest BCUT2D eigenvalue weighted by molar-refractivity contribution is 0.126. The van der Waals surface area contributed by atoms with Crippen LogP contribution in [0.2, 0.25) is 0 Å². The molecule has 3 N–H and O–H groups in total. The van der Waals surface area contributed by atoms with E-state index in [1.165, 1.54) is 24.1 Å². The highest BCUT2D eigenvalue weighted by molar-refractivity contribution is 9.10. The maximum atomic E-state index is 9.88. The second-order valence-corrected chi connectivity index (χ2v) is 6.31. The molecule has 18 heavy (non-hydrogen) atoms. The predicted molar refractivity (Wildman–Crippen MR) is 76.6 cm³/mol. The van der Waals surface area contributed by atoms with Crippen LogP contribution in [0.1, 0.15) is 31.2 Å². The first kappa shape index (κ1) is 12.5. The van der Waals surface area contributed by atoms with E-state index >= 15 is 0 Å². The summed E-state index contributed by atoms with van der Waals surface area (Å²) in [6.07, 6.45) is 4.06. The summed E-state index contributed by atoms with van der Waals surface area (Å²) in [5.41, 5.74) is 8.31. The highest BCUT2D eigenvalue weighted by Gasteiger charge is 2.40. The number of anilines is 1. The average Bonchev–Trinajstić information content (AvgIpc) is 2.61. The second-order valence-electron chi connectivity index (χ2n) is 5.39. The van der Waals surface area contributed by atoms with Crippen molar-refractivity contribution in [3.05, 3.63) is 28.2 Å². The molecule has 2 heterocycles. The third-order valence-electron chi connectivity index (χ3n) is 4.25. The molecule has 0 saturated carbocycles. The minimum absolute atomic E-state index is 0.118. The Morgan fingerprint density at radius 2 is 1.94 bits per heavy atom. The van der Waals surface area contributed by atoms with Crippen LogP contribution in [0.15, 0.2) is 22.7 Å². The maximum absolute atomic E-state index is 9.88. The van der Waals surface area contributed by atoms with Crippen LogP contribution in [0.25, 0.3) is 0 Å². The molecular weight excluding hydrogens is 292 g/mol. The summed E-state index contributed by atoms with van der Waals surface area (Å²) in [5.74, 6) is 0. The molecule has 0 amide bonds. The Morgan fingerprint density at radius 3 is 2.56 bits per heavy atom. The van der Waals surface area contributed by atoms with E-state index in [1.54, 1.807) is 0 Å². The number of hydrogen-bond acceptors (Lipinski definition) is 3. The Balaban J connectivity index is 1.98. The fraction of sp³-hybridized carbons (Fsp3) is 0.571. The van der Waals surface area contributed by atoms with Gasteiger partial charge >= 0.3 is 0 Å². The normalized spacial score (nSPS) is 30.8. The largest absolute Gasteiger partial charge is 0.393 e. The van der Waals surface area contributed by atoms with E-state index in [0.29, 0.717) is 18.6 Å². The van der Waals surface area contributed by atoms with Gasteiger partial charge in [0.2, 0.25) is 0 Å². The number of fused-ring (bicyclic) bond motifs is 2. The quantitative estimate of drug-likeness (QED) is 0.882. The Labute approximate surface area is 116 Å². The van der Waals surface area contributed by atoms with Gasteiger partial charge < -0.3 is 15.7 Å². The van der Waals surface area contributed by atoms with Crippen LogP contribution in [0.4, 0.5) is 5.69 Å². The van der Waals surface area contributed by atoms with Crippen molar-refractivity contribution >= 4 is 21.6 Å². The zero-order valence-electron chi connectivity index (χ0n) is 10.3. The van der Waals surface area contributed by atoms with Gasteiger partial charge in [-0.05, 0) is 43.4 Å². The zero-order valence-corrected chi connectivity index (χ0v) is 11.9. The van der Waals surface area contributed by atoms with E-state index in [9.17, 15) is 5.11 Å². The average molecular weight is 311 g/mol. The van der Waals surface area contributed by atoms with Crippen molar-refractivity contribution in [1.29, 1.82) is 0 Å². The first-order valence-electron chi connectivity index (χ1n) is 6.64. The van der Waals surface area contributed by atoms with Gasteiger partial charge in [-0.2, -0.15) is 0 Å². The SMILES string of the molecule is NCc1ccc(Br)cc1N1C2CCC1CC(O)C2. The van der Waals surface area contributed by atoms with Crippen molar-refractivity contribution < 1.29 is 5.11 Å². The molecule has 2 fully saturated rings. The molecule has 2 aliphatic rings. The van der Waals surface area contributed by atoms with E-state index < -0.39 is 0 Å². The third kappa shape index (κ3) is 2.06. The topological polar surface area (TPSA) is 49.5 Å². The highest BCUT2D eigenvalue weighted by atomic mass is 79.9. The summed E-state index contributed by atoms with van der Waals surface area (Å²) >= 11 is 3.55. The van der Waals surface area contributed by atoms with Gasteiger partial charge in [0.1, 0.15) is 0 Å². The van der Waals surface area contributed by atoms with Crippen molar-refractivity contribution in [3.63, 3.8) is 0 Å². The Bertz CT molecular complexity index is 437. The number of aliphatic hydroxyl groups is 1. The molecule has 2 unspecified atom stereocenters. The second kappa shape index (κ2) is 4.83. The Morgan fingerprint density at radius 1 is 1.28 bits per heavy atom. The molecule has 3 nitrogen and oxygen atoms in total. The summed E-state index contributed by atoms with van der Waals surface area (Å²) in [7, 11) is 0. The van der Waals surface area contributed by atoms with Crippen LogP contribution in [0.3, 0.4) is 0 Å². The molecule has 0 radical (unpaired) electrons. The minimum Gasteiger partial charge on any atom is -0.393 e. The van der Waals surface area contributed by atoms with Gasteiger partial charge in [0.25, 0.3) is 0 Å². The number of aliphatic hydroxyl groups excluding tert-OH is 1. The first-order chi connectivity index (χ1) is 8.69. The van der Waals surface area contributed by atoms with E-state index in [0.717, 1.165) is 17.3 Å². The van der Waals surface area contributed by atoms with E-state index in [4.69, 9.17) is 5.73 Å². The molecule has 2 saturated heterocycles. The lowest BCUT2D eigenvalue weighted by Crippen LogP contribution is -2.45. The van der Waals surface area contributed by atoms with Gasteiger partial charge in [0.15, 0.2) is 0 Å². The van der Waals surface area contributed by atoms with Crippen molar-refractivity contribution in [3.8, 4) is 0 Å².